The van der Waals surface area contributed by atoms with Crippen LogP contribution in [0.2, 0.25) is 0 Å². The molecule has 1 aliphatic carbocycles. The number of aliphatic hydroxyl groups is 1. The molecule has 3 atom stereocenters. The van der Waals surface area contributed by atoms with Crippen LogP contribution in [0.15, 0.2) is 29.6 Å². The first-order valence-electron chi connectivity index (χ1n) is 17.0. The maximum Gasteiger partial charge on any atom is 2.00 e. The van der Waals surface area contributed by atoms with E-state index in [9.17, 15) is 19.5 Å². The normalized spacial score (nSPS) is 22.9. The van der Waals surface area contributed by atoms with Gasteiger partial charge in [-0.1, -0.05) is 72.6 Å². The Morgan fingerprint density at radius 1 is 1.00 bits per heavy atom. The second-order valence-electron chi connectivity index (χ2n) is 13.2. The number of allylic oxidation sites excluding steroid dienone is 2. The zero-order valence-corrected chi connectivity index (χ0v) is 31.8. The maximum atomic E-state index is 14.2. The van der Waals surface area contributed by atoms with E-state index in [1.165, 1.54) is 7.11 Å². The fourth-order valence-electron chi connectivity index (χ4n) is 7.34. The van der Waals surface area contributed by atoms with Gasteiger partial charge in [0.15, 0.2) is 5.78 Å². The van der Waals surface area contributed by atoms with Gasteiger partial charge in [-0.25, -0.2) is 0 Å². The van der Waals surface area contributed by atoms with Crippen LogP contribution in [0.25, 0.3) is 35.2 Å². The van der Waals surface area contributed by atoms with E-state index in [0.717, 1.165) is 50.8 Å². The van der Waals surface area contributed by atoms with Crippen LogP contribution in [-0.2, 0) is 25.5 Å². The van der Waals surface area contributed by atoms with Gasteiger partial charge in [0.05, 0.1) is 13.7 Å². The van der Waals surface area contributed by atoms with Gasteiger partial charge in [0.25, 0.3) is 0 Å². The monoisotopic (exact) mass is 698 g/mol. The summed E-state index contributed by atoms with van der Waals surface area (Å²) in [6, 6.07) is 0. The van der Waals surface area contributed by atoms with Crippen molar-refractivity contribution >= 4 is 70.7 Å². The van der Waals surface area contributed by atoms with Gasteiger partial charge in [-0.05, 0) is 69.6 Å². The molecule has 0 amide bonds. The Hall–Kier alpha value is -4.32. The topological polar surface area (TPSA) is 146 Å². The number of ketones is 1. The molecule has 2 aliphatic heterocycles. The molecule has 0 spiro atoms. The second kappa shape index (κ2) is 15.1. The molecular weight excluding hydrogens is 657 g/mol. The summed E-state index contributed by atoms with van der Waals surface area (Å²) < 4.78 is 10.6. The third kappa shape index (κ3) is 6.63. The van der Waals surface area contributed by atoms with Crippen LogP contribution in [0.3, 0.4) is 0 Å². The number of hydrogen-bond donors (Lipinski definition) is 1. The molecule has 1 fully saturated rings. The molecule has 6 rings (SSSR count). The number of carbonyl (C=O) groups excluding carboxylic acids is 3. The molecule has 0 unspecified atom stereocenters. The Bertz CT molecular complexity index is 2160. The third-order valence-electron chi connectivity index (χ3n) is 10.3. The molecular formula is C40H42MgN4O6-2. The van der Waals surface area contributed by atoms with Crippen LogP contribution in [0.1, 0.15) is 94.6 Å². The SMILES string of the molecule is C=Cc1c2[n-]c(c1C)/C=C1\[N-]/C(=C3\c4[n-]c(c(C)c4C(=O)[C@@H]3C(=O)OC)/C=c3\[n-]/c(c(C)c3CC)=C\2)[C@@H](CCC(=O)OC/C=C(\C)CO)[C@@H]1C.[Mg+2]. The Labute approximate surface area is 314 Å². The predicted molar refractivity (Wildman–Crippen MR) is 197 cm³/mol. The van der Waals surface area contributed by atoms with E-state index in [-0.39, 0.29) is 60.3 Å². The first-order chi connectivity index (χ1) is 23.9. The van der Waals surface area contributed by atoms with Crippen LogP contribution in [0.4, 0.5) is 0 Å². The van der Waals surface area contributed by atoms with Crippen molar-refractivity contribution in [1.82, 2.24) is 15.0 Å². The molecule has 0 radical (unpaired) electrons. The Balaban J connectivity index is 0.00000504. The maximum absolute atomic E-state index is 14.2. The van der Waals surface area contributed by atoms with Gasteiger partial charge >= 0.3 is 35.0 Å². The van der Waals surface area contributed by atoms with Crippen molar-refractivity contribution in [1.29, 1.82) is 0 Å². The quantitative estimate of drug-likeness (QED) is 0.152. The standard InChI is InChI=1S/C40H43N4O6.Mg/c1-9-24-20(4)27-15-29-22(6)26(11-12-33(46)50-14-13-19(3)18-45)37(43-29)35-36(40(48)49-8)39(47)34-23(7)30(44-38(34)35)17-32-25(10-2)21(5)28(42-32)16-31(24)41-27;/h9,13,15-17,22,26,36,45H,1,10-12,14,18H2,2-8H3,(H-,43,44,47);/q-3;+2/p-1/b19-13+,28-16-,29-15-,32-17-;/t22-,26-,36+;/m0./s1. The molecule has 11 heteroatoms. The number of ether oxygens (including phenoxy) is 2. The van der Waals surface area contributed by atoms with Gasteiger partial charge < -0.3 is 34.8 Å². The Morgan fingerprint density at radius 2 is 1.71 bits per heavy atom. The molecule has 0 aromatic carbocycles. The fraction of sp³-hybridized carbons (Fsp3) is 0.375. The van der Waals surface area contributed by atoms with Crippen LogP contribution in [0, 0.1) is 38.5 Å². The van der Waals surface area contributed by atoms with Gasteiger partial charge in [0.1, 0.15) is 12.5 Å². The number of hydrogen-bond acceptors (Lipinski definition) is 6. The molecule has 3 aromatic heterocycles. The van der Waals surface area contributed by atoms with Crippen LogP contribution in [-0.4, -0.2) is 66.2 Å². The van der Waals surface area contributed by atoms with E-state index in [1.807, 2.05) is 39.0 Å². The van der Waals surface area contributed by atoms with Gasteiger partial charge in [-0.15, -0.1) is 33.5 Å². The van der Waals surface area contributed by atoms with Crippen molar-refractivity contribution in [2.24, 2.45) is 17.8 Å². The zero-order chi connectivity index (χ0) is 36.0. The number of rotatable bonds is 9. The van der Waals surface area contributed by atoms with E-state index in [4.69, 9.17) is 29.7 Å². The summed E-state index contributed by atoms with van der Waals surface area (Å²) in [5.41, 5.74) is 9.84. The minimum Gasteiger partial charge on any atom is -0.664 e. The Kier molecular flexibility index (Phi) is 11.2. The van der Waals surface area contributed by atoms with Crippen molar-refractivity contribution in [2.45, 2.75) is 60.8 Å². The number of carbonyl (C=O) groups is 3. The number of methoxy groups -OCH3 is 1. The van der Waals surface area contributed by atoms with E-state index in [2.05, 4.69) is 20.4 Å². The van der Waals surface area contributed by atoms with E-state index < -0.39 is 17.9 Å². The van der Waals surface area contributed by atoms with Crippen LogP contribution < -0.4 is 25.7 Å². The van der Waals surface area contributed by atoms with E-state index >= 15 is 0 Å². The number of esters is 2. The summed E-state index contributed by atoms with van der Waals surface area (Å²) >= 11 is 0. The minimum atomic E-state index is -1.24. The largest absolute Gasteiger partial charge is 2.00 e. The summed E-state index contributed by atoms with van der Waals surface area (Å²) in [6.45, 7) is 15.8. The third-order valence-corrected chi connectivity index (χ3v) is 10.3. The van der Waals surface area contributed by atoms with Crippen LogP contribution in [0.5, 0.6) is 0 Å². The summed E-state index contributed by atoms with van der Waals surface area (Å²) in [5.74, 6) is -3.26. The summed E-state index contributed by atoms with van der Waals surface area (Å²) in [7, 11) is 1.27. The number of fused-ring (bicyclic) bond motifs is 7. The second-order valence-corrected chi connectivity index (χ2v) is 13.2. The number of nitrogens with zero attached hydrogens (tertiary/aromatic N) is 4. The first-order valence-corrected chi connectivity index (χ1v) is 17.0. The van der Waals surface area contributed by atoms with Gasteiger partial charge in [0.2, 0.25) is 0 Å². The summed E-state index contributed by atoms with van der Waals surface area (Å²) in [5, 5.41) is 16.0. The molecule has 3 aromatic rings. The van der Waals surface area contributed by atoms with Crippen molar-refractivity contribution in [3.63, 3.8) is 0 Å². The molecule has 262 valence electrons. The van der Waals surface area contributed by atoms with Crippen molar-refractivity contribution in [2.75, 3.05) is 20.3 Å². The minimum absolute atomic E-state index is 0. The predicted octanol–water partition coefficient (Wildman–Crippen LogP) is 3.92. The van der Waals surface area contributed by atoms with E-state index in [1.54, 1.807) is 19.1 Å². The fourth-order valence-corrected chi connectivity index (χ4v) is 7.34. The van der Waals surface area contributed by atoms with Crippen molar-refractivity contribution < 1.29 is 29.0 Å². The molecule has 1 N–H and O–H groups in total. The van der Waals surface area contributed by atoms with Crippen molar-refractivity contribution in [3.05, 3.63) is 102 Å². The molecule has 8 bridgehead atoms. The van der Waals surface area contributed by atoms with Crippen molar-refractivity contribution in [3.8, 4) is 0 Å². The summed E-state index contributed by atoms with van der Waals surface area (Å²) in [4.78, 5) is 55.5. The van der Waals surface area contributed by atoms with Gasteiger partial charge in [-0.3, -0.25) is 14.4 Å². The molecule has 3 aliphatic rings. The smallest absolute Gasteiger partial charge is 0.664 e. The van der Waals surface area contributed by atoms with Crippen LogP contribution >= 0.6 is 0 Å². The average Bonchev–Trinajstić information content (AvgIpc) is 3.84. The Morgan fingerprint density at radius 3 is 2.37 bits per heavy atom. The molecule has 0 saturated carbocycles. The molecule has 1 saturated heterocycles. The zero-order valence-electron chi connectivity index (χ0n) is 30.3. The molecule has 5 heterocycles. The van der Waals surface area contributed by atoms with E-state index in [0.29, 0.717) is 51.5 Å². The number of aromatic nitrogens is 3. The molecule has 51 heavy (non-hydrogen) atoms. The first kappa shape index (κ1) is 37.9. The summed E-state index contributed by atoms with van der Waals surface area (Å²) in [6.07, 6.45) is 10.5. The molecule has 10 nitrogen and oxygen atoms in total. The number of aliphatic hydroxyl groups excluding tert-OH is 1. The number of Topliss-reactive ketones (excluding diaryl/α,β-unsaturated/α-hetero) is 1. The average molecular weight is 699 g/mol. The van der Waals surface area contributed by atoms with Gasteiger partial charge in [0, 0.05) is 12.0 Å². The van der Waals surface area contributed by atoms with Gasteiger partial charge in [-0.2, -0.15) is 11.4 Å².